The van der Waals surface area contributed by atoms with Crippen molar-refractivity contribution in [2.45, 2.75) is 23.9 Å². The zero-order valence-corrected chi connectivity index (χ0v) is 13.6. The van der Waals surface area contributed by atoms with E-state index in [0.29, 0.717) is 19.1 Å². The van der Waals surface area contributed by atoms with Gasteiger partial charge in [-0.25, -0.2) is 8.42 Å². The summed E-state index contributed by atoms with van der Waals surface area (Å²) in [5, 5.41) is 0. The molecule has 3 heterocycles. The zero-order chi connectivity index (χ0) is 15.9. The molecule has 4 rings (SSSR count). The molecule has 2 aromatic rings. The van der Waals surface area contributed by atoms with Crippen LogP contribution in [0.1, 0.15) is 11.1 Å². The van der Waals surface area contributed by atoms with Gasteiger partial charge in [-0.1, -0.05) is 24.3 Å². The number of hydrogen-bond donors (Lipinski definition) is 0. The first-order chi connectivity index (χ1) is 11.1. The molecule has 6 heteroatoms. The first kappa shape index (κ1) is 14.8. The van der Waals surface area contributed by atoms with Gasteiger partial charge in [0, 0.05) is 44.6 Å². The van der Waals surface area contributed by atoms with Crippen molar-refractivity contribution in [2.24, 2.45) is 0 Å². The minimum absolute atomic E-state index is 0.280. The molecule has 0 bridgehead atoms. The van der Waals surface area contributed by atoms with Crippen LogP contribution in [0.2, 0.25) is 0 Å². The third-order valence-electron chi connectivity index (χ3n) is 4.78. The molecular formula is C17H19N3O2S. The molecule has 0 saturated carbocycles. The van der Waals surface area contributed by atoms with Gasteiger partial charge in [0.25, 0.3) is 0 Å². The molecule has 0 amide bonds. The van der Waals surface area contributed by atoms with E-state index in [2.05, 4.69) is 34.1 Å². The predicted molar refractivity (Wildman–Crippen MR) is 87.3 cm³/mol. The van der Waals surface area contributed by atoms with E-state index < -0.39 is 10.0 Å². The number of sulfonamides is 1. The number of pyridine rings is 1. The number of aromatic nitrogens is 1. The van der Waals surface area contributed by atoms with E-state index in [4.69, 9.17) is 0 Å². The summed E-state index contributed by atoms with van der Waals surface area (Å²) in [7, 11) is -3.39. The fourth-order valence-corrected chi connectivity index (χ4v) is 4.80. The number of nitrogens with zero attached hydrogens (tertiary/aromatic N) is 3. The topological polar surface area (TPSA) is 53.5 Å². The highest BCUT2D eigenvalue weighted by atomic mass is 32.2. The lowest BCUT2D eigenvalue weighted by Gasteiger charge is -2.46. The van der Waals surface area contributed by atoms with Gasteiger partial charge in [-0.2, -0.15) is 4.31 Å². The van der Waals surface area contributed by atoms with Crippen LogP contribution >= 0.6 is 0 Å². The Hall–Kier alpha value is -1.76. The summed E-state index contributed by atoms with van der Waals surface area (Å²) in [6.07, 6.45) is 4.05. The highest BCUT2D eigenvalue weighted by molar-refractivity contribution is 7.89. The van der Waals surface area contributed by atoms with Crippen LogP contribution in [0.4, 0.5) is 0 Å². The predicted octanol–water partition coefficient (Wildman–Crippen LogP) is 1.51. The van der Waals surface area contributed by atoms with Gasteiger partial charge in [-0.3, -0.25) is 9.88 Å². The number of benzene rings is 1. The molecule has 0 aliphatic carbocycles. The fraction of sp³-hybridized carbons (Fsp3) is 0.353. The molecule has 0 radical (unpaired) electrons. The second-order valence-corrected chi connectivity index (χ2v) is 8.09. The quantitative estimate of drug-likeness (QED) is 0.857. The summed E-state index contributed by atoms with van der Waals surface area (Å²) in [6, 6.07) is 12.1. The lowest BCUT2D eigenvalue weighted by molar-refractivity contribution is 0.0769. The third kappa shape index (κ3) is 2.67. The number of fused-ring (bicyclic) bond motifs is 1. The number of rotatable bonds is 3. The van der Waals surface area contributed by atoms with E-state index in [0.717, 1.165) is 19.5 Å². The largest absolute Gasteiger partial charge is 0.293 e. The van der Waals surface area contributed by atoms with Crippen LogP contribution in [-0.4, -0.2) is 48.3 Å². The number of hydrogen-bond acceptors (Lipinski definition) is 4. The molecule has 1 fully saturated rings. The van der Waals surface area contributed by atoms with Gasteiger partial charge in [-0.05, 0) is 29.7 Å². The third-order valence-corrected chi connectivity index (χ3v) is 6.59. The Balaban J connectivity index is 1.43. The Morgan fingerprint density at radius 1 is 1.04 bits per heavy atom. The zero-order valence-electron chi connectivity index (χ0n) is 12.8. The van der Waals surface area contributed by atoms with E-state index in [9.17, 15) is 8.42 Å². The molecule has 120 valence electrons. The van der Waals surface area contributed by atoms with Gasteiger partial charge in [0.15, 0.2) is 0 Å². The van der Waals surface area contributed by atoms with Crippen molar-refractivity contribution in [1.29, 1.82) is 0 Å². The Kier molecular flexibility index (Phi) is 3.67. The van der Waals surface area contributed by atoms with Crippen molar-refractivity contribution < 1.29 is 8.42 Å². The highest BCUT2D eigenvalue weighted by Crippen LogP contribution is 2.27. The van der Waals surface area contributed by atoms with Crippen molar-refractivity contribution in [1.82, 2.24) is 14.2 Å². The molecule has 1 aromatic heterocycles. The molecule has 23 heavy (non-hydrogen) atoms. The van der Waals surface area contributed by atoms with Gasteiger partial charge < -0.3 is 0 Å². The van der Waals surface area contributed by atoms with Crippen molar-refractivity contribution >= 4 is 10.0 Å². The first-order valence-electron chi connectivity index (χ1n) is 7.85. The van der Waals surface area contributed by atoms with Crippen molar-refractivity contribution in [2.75, 3.05) is 19.6 Å². The summed E-state index contributed by atoms with van der Waals surface area (Å²) < 4.78 is 26.6. The second kappa shape index (κ2) is 5.70. The van der Waals surface area contributed by atoms with Crippen LogP contribution in [0.25, 0.3) is 0 Å². The van der Waals surface area contributed by atoms with Crippen molar-refractivity contribution in [3.63, 3.8) is 0 Å². The monoisotopic (exact) mass is 329 g/mol. The minimum atomic E-state index is -3.39. The van der Waals surface area contributed by atoms with Crippen LogP contribution in [0.3, 0.4) is 0 Å². The summed E-state index contributed by atoms with van der Waals surface area (Å²) in [6.45, 7) is 3.06. The van der Waals surface area contributed by atoms with Gasteiger partial charge >= 0.3 is 0 Å². The van der Waals surface area contributed by atoms with Gasteiger partial charge in [0.05, 0.1) is 0 Å². The molecule has 5 nitrogen and oxygen atoms in total. The van der Waals surface area contributed by atoms with Crippen LogP contribution in [-0.2, 0) is 23.0 Å². The van der Waals surface area contributed by atoms with E-state index >= 15 is 0 Å². The maximum Gasteiger partial charge on any atom is 0.244 e. The molecule has 0 spiro atoms. The van der Waals surface area contributed by atoms with Crippen LogP contribution in [0.15, 0.2) is 53.7 Å². The SMILES string of the molecule is O=S(=O)(c1cccnc1)N1CC(N2CCc3ccccc3C2)C1. The standard InChI is InChI=1S/C17H19N3O2S/c21-23(22,17-6-3-8-18-10-17)20-12-16(13-20)19-9-7-14-4-1-2-5-15(14)11-19/h1-6,8,10,16H,7,9,11-13H2. The normalized spacial score (nSPS) is 20.0. The molecule has 0 N–H and O–H groups in total. The Morgan fingerprint density at radius 3 is 2.57 bits per heavy atom. The Labute approximate surface area is 136 Å². The maximum absolute atomic E-state index is 12.5. The summed E-state index contributed by atoms with van der Waals surface area (Å²) >= 11 is 0. The van der Waals surface area contributed by atoms with E-state index in [1.165, 1.54) is 17.3 Å². The van der Waals surface area contributed by atoms with Gasteiger partial charge in [0.1, 0.15) is 4.90 Å². The molecule has 1 saturated heterocycles. The van der Waals surface area contributed by atoms with Crippen molar-refractivity contribution in [3.8, 4) is 0 Å². The molecule has 2 aliphatic rings. The smallest absolute Gasteiger partial charge is 0.244 e. The molecular weight excluding hydrogens is 310 g/mol. The average molecular weight is 329 g/mol. The Bertz CT molecular complexity index is 802. The minimum Gasteiger partial charge on any atom is -0.293 e. The molecule has 0 atom stereocenters. The molecule has 0 unspecified atom stereocenters. The fourth-order valence-electron chi connectivity index (χ4n) is 3.32. The maximum atomic E-state index is 12.5. The van der Waals surface area contributed by atoms with Crippen LogP contribution in [0.5, 0.6) is 0 Å². The van der Waals surface area contributed by atoms with Crippen LogP contribution < -0.4 is 0 Å². The van der Waals surface area contributed by atoms with Crippen LogP contribution in [0, 0.1) is 0 Å². The average Bonchev–Trinajstić information content (AvgIpc) is 2.54. The lowest BCUT2D eigenvalue weighted by Crippen LogP contribution is -2.61. The second-order valence-electron chi connectivity index (χ2n) is 6.15. The molecule has 1 aromatic carbocycles. The Morgan fingerprint density at radius 2 is 1.83 bits per heavy atom. The first-order valence-corrected chi connectivity index (χ1v) is 9.29. The van der Waals surface area contributed by atoms with Crippen molar-refractivity contribution in [3.05, 3.63) is 59.9 Å². The summed E-state index contributed by atoms with van der Waals surface area (Å²) in [5.74, 6) is 0. The summed E-state index contributed by atoms with van der Waals surface area (Å²) in [4.78, 5) is 6.59. The van der Waals surface area contributed by atoms with Gasteiger partial charge in [-0.15, -0.1) is 0 Å². The van der Waals surface area contributed by atoms with E-state index in [1.54, 1.807) is 22.6 Å². The summed E-state index contributed by atoms with van der Waals surface area (Å²) in [5.41, 5.74) is 2.79. The van der Waals surface area contributed by atoms with E-state index in [1.807, 2.05) is 0 Å². The van der Waals surface area contributed by atoms with Gasteiger partial charge in [0.2, 0.25) is 10.0 Å². The lowest BCUT2D eigenvalue weighted by atomic mass is 9.97. The van der Waals surface area contributed by atoms with E-state index in [-0.39, 0.29) is 4.90 Å². The molecule has 2 aliphatic heterocycles. The highest BCUT2D eigenvalue weighted by Gasteiger charge is 2.40.